The average molecular weight is 1050 g/mol. The van der Waals surface area contributed by atoms with Crippen molar-refractivity contribution >= 4 is 53.4 Å². The standard InChI is InChI=1S/C55H99N7O12/c1-13-38(12)49-55(73)74-40(23-21-19-17-15-14-16-18-20-22-33(2)3)30-46(63)58-41(24-25-47(64)65)50(68)59-43(28-36(8)9)52(70)57-39(26-34(4)5)32-56-42(27-35(6)7)51(69)61-45(31-48(66)67)53(71)60-44(29-37(10)11)54(72)62-49/h33-45,49,56H,13-32H2,1-12H3,(H,57,70)(H,58,63)(H,59,68)(H,60,71)(H,61,69)(H,62,72)(H,64,65)(H,66,67)/t38-,39?,40?,41?,42?,43-,44?,45-,49-/m0/s1. The summed E-state index contributed by atoms with van der Waals surface area (Å²) in [5, 5.41) is 39.3. The molecule has 1 aliphatic rings. The van der Waals surface area contributed by atoms with Crippen LogP contribution in [-0.2, 0) is 47.9 Å². The minimum atomic E-state index is -1.60. The third kappa shape index (κ3) is 29.3. The van der Waals surface area contributed by atoms with Gasteiger partial charge in [0.1, 0.15) is 36.3 Å². The van der Waals surface area contributed by atoms with Crippen molar-refractivity contribution in [2.45, 2.75) is 253 Å². The topological polar surface area (TPSA) is 288 Å². The molecule has 0 bridgehead atoms. The number of carbonyl (C=O) groups excluding carboxylic acids is 7. The molecule has 1 rings (SSSR count). The fourth-order valence-electron chi connectivity index (χ4n) is 9.05. The van der Waals surface area contributed by atoms with Crippen LogP contribution in [0.25, 0.3) is 0 Å². The normalized spacial score (nSPS) is 24.3. The fourth-order valence-corrected chi connectivity index (χ4v) is 9.05. The predicted molar refractivity (Wildman–Crippen MR) is 285 cm³/mol. The number of rotatable bonds is 26. The molecule has 19 nitrogen and oxygen atoms in total. The second kappa shape index (κ2) is 36.2. The first-order valence-corrected chi connectivity index (χ1v) is 27.9. The zero-order valence-corrected chi connectivity index (χ0v) is 47.2. The van der Waals surface area contributed by atoms with Gasteiger partial charge in [0.2, 0.25) is 35.4 Å². The smallest absolute Gasteiger partial charge is 0.329 e. The highest BCUT2D eigenvalue weighted by Gasteiger charge is 2.37. The van der Waals surface area contributed by atoms with Gasteiger partial charge in [-0.25, -0.2) is 4.79 Å². The molecule has 5 unspecified atom stereocenters. The van der Waals surface area contributed by atoms with Crippen molar-refractivity contribution in [1.29, 1.82) is 0 Å². The summed E-state index contributed by atoms with van der Waals surface area (Å²) < 4.78 is 6.10. The Morgan fingerprint density at radius 2 is 0.973 bits per heavy atom. The largest absolute Gasteiger partial charge is 0.481 e. The Hall–Kier alpha value is -4.81. The van der Waals surface area contributed by atoms with Crippen LogP contribution < -0.4 is 37.2 Å². The number of carboxylic acids is 2. The number of unbranched alkanes of at least 4 members (excludes halogenated alkanes) is 7. The molecule has 426 valence electrons. The van der Waals surface area contributed by atoms with E-state index in [9.17, 15) is 53.4 Å². The number of hydrogen-bond acceptors (Lipinski definition) is 11. The van der Waals surface area contributed by atoms with Gasteiger partial charge in [-0.2, -0.15) is 0 Å². The van der Waals surface area contributed by atoms with Crippen LogP contribution in [-0.4, -0.2) is 119 Å². The maximum Gasteiger partial charge on any atom is 0.329 e. The van der Waals surface area contributed by atoms with Gasteiger partial charge in [0.05, 0.1) is 18.9 Å². The van der Waals surface area contributed by atoms with Gasteiger partial charge in [0.25, 0.3) is 0 Å². The molecule has 9 N–H and O–H groups in total. The van der Waals surface area contributed by atoms with E-state index in [0.717, 1.165) is 32.1 Å². The minimum absolute atomic E-state index is 0.0529. The summed E-state index contributed by atoms with van der Waals surface area (Å²) in [6.07, 6.45) is 7.84. The predicted octanol–water partition coefficient (Wildman–Crippen LogP) is 6.30. The highest BCUT2D eigenvalue weighted by molar-refractivity contribution is 5.96. The van der Waals surface area contributed by atoms with Crippen LogP contribution in [0, 0.1) is 35.5 Å². The van der Waals surface area contributed by atoms with Gasteiger partial charge in [-0.1, -0.05) is 141 Å². The van der Waals surface area contributed by atoms with Crippen LogP contribution >= 0.6 is 0 Å². The maximum atomic E-state index is 14.3. The van der Waals surface area contributed by atoms with E-state index in [2.05, 4.69) is 51.1 Å². The molecule has 1 heterocycles. The van der Waals surface area contributed by atoms with E-state index < -0.39 is 121 Å². The molecular formula is C55H99N7O12. The van der Waals surface area contributed by atoms with Crippen LogP contribution in [0.3, 0.4) is 0 Å². The molecule has 9 atom stereocenters. The molecule has 1 aliphatic heterocycles. The van der Waals surface area contributed by atoms with Crippen molar-refractivity contribution in [3.8, 4) is 0 Å². The lowest BCUT2D eigenvalue weighted by Gasteiger charge is -2.30. The molecule has 74 heavy (non-hydrogen) atoms. The Morgan fingerprint density at radius 3 is 1.47 bits per heavy atom. The monoisotopic (exact) mass is 1050 g/mol. The van der Waals surface area contributed by atoms with Crippen molar-refractivity contribution in [3.63, 3.8) is 0 Å². The molecule has 0 radical (unpaired) electrons. The van der Waals surface area contributed by atoms with E-state index in [1.54, 1.807) is 6.92 Å². The number of nitrogens with one attached hydrogen (secondary N) is 7. The van der Waals surface area contributed by atoms with Crippen molar-refractivity contribution in [2.75, 3.05) is 6.54 Å². The first-order chi connectivity index (χ1) is 34.7. The zero-order valence-electron chi connectivity index (χ0n) is 47.2. The van der Waals surface area contributed by atoms with Crippen LogP contribution in [0.2, 0.25) is 0 Å². The molecule has 0 aliphatic carbocycles. The van der Waals surface area contributed by atoms with E-state index in [0.29, 0.717) is 25.2 Å². The summed E-state index contributed by atoms with van der Waals surface area (Å²) in [6, 6.07) is -8.14. The Kier molecular flexibility index (Phi) is 32.9. The second-order valence-electron chi connectivity index (χ2n) is 23.0. The summed E-state index contributed by atoms with van der Waals surface area (Å²) in [5.74, 6) is -7.81. The van der Waals surface area contributed by atoms with E-state index in [1.165, 1.54) is 19.3 Å². The zero-order chi connectivity index (χ0) is 56.1. The molecule has 0 saturated carbocycles. The number of esters is 1. The van der Waals surface area contributed by atoms with Crippen LogP contribution in [0.5, 0.6) is 0 Å². The van der Waals surface area contributed by atoms with E-state index in [4.69, 9.17) is 4.74 Å². The average Bonchev–Trinajstić information content (AvgIpc) is 3.28. The van der Waals surface area contributed by atoms with Gasteiger partial charge in [-0.3, -0.25) is 38.4 Å². The molecule has 0 aromatic rings. The number of amides is 6. The summed E-state index contributed by atoms with van der Waals surface area (Å²) in [6.45, 7) is 23.2. The molecule has 1 saturated heterocycles. The Balaban J connectivity index is 3.90. The van der Waals surface area contributed by atoms with Gasteiger partial charge < -0.3 is 52.2 Å². The van der Waals surface area contributed by atoms with Gasteiger partial charge in [-0.15, -0.1) is 0 Å². The van der Waals surface area contributed by atoms with Gasteiger partial charge in [0.15, 0.2) is 0 Å². The highest BCUT2D eigenvalue weighted by atomic mass is 16.5. The summed E-state index contributed by atoms with van der Waals surface area (Å²) in [4.78, 5) is 123. The van der Waals surface area contributed by atoms with Crippen LogP contribution in [0.4, 0.5) is 0 Å². The van der Waals surface area contributed by atoms with Gasteiger partial charge >= 0.3 is 17.9 Å². The lowest BCUT2D eigenvalue weighted by Crippen LogP contribution is -2.59. The summed E-state index contributed by atoms with van der Waals surface area (Å²) >= 11 is 0. The van der Waals surface area contributed by atoms with Crippen molar-refractivity contribution < 1.29 is 58.1 Å². The van der Waals surface area contributed by atoms with Gasteiger partial charge in [0, 0.05) is 19.0 Å². The molecule has 0 aromatic carbocycles. The lowest BCUT2D eigenvalue weighted by atomic mass is 9.97. The molecular weight excluding hydrogens is 951 g/mol. The van der Waals surface area contributed by atoms with E-state index >= 15 is 0 Å². The molecule has 0 aromatic heterocycles. The molecule has 1 fully saturated rings. The van der Waals surface area contributed by atoms with Crippen LogP contribution in [0.1, 0.15) is 205 Å². The second-order valence-corrected chi connectivity index (χ2v) is 23.0. The summed E-state index contributed by atoms with van der Waals surface area (Å²) in [5.41, 5.74) is 0. The van der Waals surface area contributed by atoms with Crippen molar-refractivity contribution in [3.05, 3.63) is 0 Å². The molecule has 0 spiro atoms. The SMILES string of the molecule is CC[C@H](C)[C@@H]1NC(=O)C(CC(C)C)NC(=O)[C@H](CC(=O)O)NC(=O)C(CC(C)C)NCC(CC(C)C)NC(=O)[C@H](CC(C)C)NC(=O)C(CCC(=O)O)NC(=O)CC(CCCCCCCCCCC(C)C)OC1=O. The Labute approximate surface area is 442 Å². The number of hydrogen-bond donors (Lipinski definition) is 9. The quantitative estimate of drug-likeness (QED) is 0.0340. The minimum Gasteiger partial charge on any atom is -0.481 e. The Bertz CT molecular complexity index is 1760. The first-order valence-electron chi connectivity index (χ1n) is 27.9. The van der Waals surface area contributed by atoms with E-state index in [1.807, 2.05) is 62.3 Å². The van der Waals surface area contributed by atoms with E-state index in [-0.39, 0.29) is 68.7 Å². The lowest BCUT2D eigenvalue weighted by molar-refractivity contribution is -0.156. The first kappa shape index (κ1) is 67.2. The third-order valence-electron chi connectivity index (χ3n) is 13.2. The Morgan fingerprint density at radius 1 is 0.514 bits per heavy atom. The number of ether oxygens (including phenoxy) is 1. The highest BCUT2D eigenvalue weighted by Crippen LogP contribution is 2.20. The molecule has 6 amide bonds. The van der Waals surface area contributed by atoms with Crippen molar-refractivity contribution in [1.82, 2.24) is 37.2 Å². The number of aliphatic carboxylic acids is 2. The third-order valence-corrected chi connectivity index (χ3v) is 13.2. The molecule has 19 heteroatoms. The van der Waals surface area contributed by atoms with Crippen LogP contribution in [0.15, 0.2) is 0 Å². The van der Waals surface area contributed by atoms with Crippen molar-refractivity contribution in [2.24, 2.45) is 35.5 Å². The number of carboxylic acid groups (broad SMARTS) is 2. The number of carbonyl (C=O) groups is 9. The maximum absolute atomic E-state index is 14.3. The summed E-state index contributed by atoms with van der Waals surface area (Å²) in [7, 11) is 0. The fraction of sp³-hybridized carbons (Fsp3) is 0.836. The number of cyclic esters (lactones) is 1. The van der Waals surface area contributed by atoms with Gasteiger partial charge in [-0.05, 0) is 80.5 Å².